The Kier molecular flexibility index (Phi) is 3.45. The van der Waals surface area contributed by atoms with Crippen molar-refractivity contribution in [3.8, 4) is 0 Å². The molecule has 2 aromatic heterocycles. The van der Waals surface area contributed by atoms with E-state index in [1.54, 1.807) is 12.4 Å². The second-order valence-electron chi connectivity index (χ2n) is 2.98. The standard InChI is InChI=1S/C10H10N4OS/c16-7-13-10(8-5-11-6-15-8)14-9-3-1-2-4-12-9/h1-7,10H,(H,12,14)(H,13,16). The molecule has 0 radical (unpaired) electrons. The Labute approximate surface area is 97.9 Å². The predicted octanol–water partition coefficient (Wildman–Crippen LogP) is 1.73. The number of pyridine rings is 1. The molecule has 0 aliphatic rings. The highest BCUT2D eigenvalue weighted by Gasteiger charge is 2.12. The van der Waals surface area contributed by atoms with Crippen molar-refractivity contribution in [2.45, 2.75) is 6.17 Å². The van der Waals surface area contributed by atoms with Gasteiger partial charge in [0.25, 0.3) is 0 Å². The van der Waals surface area contributed by atoms with Gasteiger partial charge in [-0.1, -0.05) is 18.3 Å². The first-order valence-corrected chi connectivity index (χ1v) is 5.13. The molecule has 2 aromatic rings. The monoisotopic (exact) mass is 234 g/mol. The van der Waals surface area contributed by atoms with E-state index in [-0.39, 0.29) is 6.17 Å². The van der Waals surface area contributed by atoms with Gasteiger partial charge in [-0.2, -0.15) is 0 Å². The van der Waals surface area contributed by atoms with Crippen molar-refractivity contribution in [3.05, 3.63) is 42.7 Å². The smallest absolute Gasteiger partial charge is 0.181 e. The second kappa shape index (κ2) is 5.22. The lowest BCUT2D eigenvalue weighted by Crippen LogP contribution is -2.26. The minimum Gasteiger partial charge on any atom is -0.444 e. The molecule has 0 spiro atoms. The summed E-state index contributed by atoms with van der Waals surface area (Å²) in [6.07, 6.45) is 4.42. The molecule has 0 aliphatic heterocycles. The Morgan fingerprint density at radius 2 is 2.38 bits per heavy atom. The van der Waals surface area contributed by atoms with Gasteiger partial charge >= 0.3 is 0 Å². The van der Waals surface area contributed by atoms with Crippen molar-refractivity contribution >= 4 is 23.5 Å². The van der Waals surface area contributed by atoms with Crippen molar-refractivity contribution in [3.63, 3.8) is 0 Å². The van der Waals surface area contributed by atoms with Crippen molar-refractivity contribution < 1.29 is 4.42 Å². The summed E-state index contributed by atoms with van der Waals surface area (Å²) in [5.41, 5.74) is 1.42. The zero-order valence-corrected chi connectivity index (χ0v) is 9.15. The van der Waals surface area contributed by atoms with Crippen LogP contribution < -0.4 is 10.6 Å². The number of anilines is 1. The SMILES string of the molecule is S=CNC(Nc1ccccn1)c1cnco1. The third-order valence-electron chi connectivity index (χ3n) is 1.93. The van der Waals surface area contributed by atoms with Gasteiger partial charge in [-0.05, 0) is 12.1 Å². The molecule has 1 atom stereocenters. The molecule has 0 saturated heterocycles. The minimum absolute atomic E-state index is 0.269. The lowest BCUT2D eigenvalue weighted by molar-refractivity contribution is 0.466. The van der Waals surface area contributed by atoms with Gasteiger partial charge < -0.3 is 15.1 Å². The summed E-state index contributed by atoms with van der Waals surface area (Å²) in [5.74, 6) is 1.38. The molecule has 6 heteroatoms. The number of rotatable bonds is 5. The largest absolute Gasteiger partial charge is 0.444 e. The fraction of sp³-hybridized carbons (Fsp3) is 0.100. The summed E-state index contributed by atoms with van der Waals surface area (Å²) in [5, 5.41) is 6.07. The highest BCUT2D eigenvalue weighted by atomic mass is 32.1. The molecule has 0 fully saturated rings. The average molecular weight is 234 g/mol. The first-order valence-electron chi connectivity index (χ1n) is 4.66. The van der Waals surface area contributed by atoms with E-state index < -0.39 is 0 Å². The van der Waals surface area contributed by atoms with E-state index in [4.69, 9.17) is 16.6 Å². The van der Waals surface area contributed by atoms with E-state index in [2.05, 4.69) is 20.6 Å². The zero-order valence-electron chi connectivity index (χ0n) is 8.33. The summed E-state index contributed by atoms with van der Waals surface area (Å²) in [6, 6.07) is 5.60. The summed E-state index contributed by atoms with van der Waals surface area (Å²) in [4.78, 5) is 8.00. The maximum absolute atomic E-state index is 5.19. The lowest BCUT2D eigenvalue weighted by Gasteiger charge is -2.15. The van der Waals surface area contributed by atoms with Gasteiger partial charge in [0.05, 0.1) is 11.7 Å². The normalized spacial score (nSPS) is 11.8. The fourth-order valence-corrected chi connectivity index (χ4v) is 1.36. The number of hydrogen-bond donors (Lipinski definition) is 2. The van der Waals surface area contributed by atoms with Gasteiger partial charge in [-0.3, -0.25) is 0 Å². The Morgan fingerprint density at radius 1 is 1.44 bits per heavy atom. The number of nitrogens with zero attached hydrogens (tertiary/aromatic N) is 2. The molecule has 0 bridgehead atoms. The van der Waals surface area contributed by atoms with Crippen LogP contribution in [0.15, 0.2) is 41.4 Å². The first-order chi connectivity index (χ1) is 7.90. The van der Waals surface area contributed by atoms with E-state index >= 15 is 0 Å². The Hall–Kier alpha value is -1.95. The van der Waals surface area contributed by atoms with Crippen LogP contribution in [0.5, 0.6) is 0 Å². The molecule has 0 saturated carbocycles. The Balaban J connectivity index is 2.12. The second-order valence-corrected chi connectivity index (χ2v) is 3.22. The van der Waals surface area contributed by atoms with Gasteiger partial charge in [-0.15, -0.1) is 0 Å². The van der Waals surface area contributed by atoms with Crippen LogP contribution in [0.3, 0.4) is 0 Å². The molecule has 0 amide bonds. The van der Waals surface area contributed by atoms with Crippen LogP contribution in [0.2, 0.25) is 0 Å². The van der Waals surface area contributed by atoms with Crippen LogP contribution in [0.4, 0.5) is 5.82 Å². The molecule has 2 heterocycles. The Bertz CT molecular complexity index is 431. The maximum atomic E-state index is 5.19. The maximum Gasteiger partial charge on any atom is 0.181 e. The minimum atomic E-state index is -0.269. The van der Waals surface area contributed by atoms with Crippen LogP contribution in [0, 0.1) is 0 Å². The van der Waals surface area contributed by atoms with Crippen molar-refractivity contribution in [1.82, 2.24) is 15.3 Å². The van der Waals surface area contributed by atoms with Crippen LogP contribution >= 0.6 is 12.2 Å². The highest BCUT2D eigenvalue weighted by molar-refractivity contribution is 7.78. The molecule has 82 valence electrons. The summed E-state index contributed by atoms with van der Waals surface area (Å²) < 4.78 is 5.19. The Morgan fingerprint density at radius 3 is 3.00 bits per heavy atom. The third kappa shape index (κ3) is 2.54. The average Bonchev–Trinajstić information content (AvgIpc) is 2.83. The lowest BCUT2D eigenvalue weighted by atomic mass is 10.3. The first kappa shape index (κ1) is 10.6. The molecule has 5 nitrogen and oxygen atoms in total. The van der Waals surface area contributed by atoms with E-state index in [1.807, 2.05) is 18.2 Å². The summed E-state index contributed by atoms with van der Waals surface area (Å²) >= 11 is 4.76. The highest BCUT2D eigenvalue weighted by Crippen LogP contribution is 2.14. The van der Waals surface area contributed by atoms with Crippen molar-refractivity contribution in [2.24, 2.45) is 0 Å². The van der Waals surface area contributed by atoms with E-state index in [9.17, 15) is 0 Å². The number of oxazole rings is 1. The molecule has 1 unspecified atom stereocenters. The van der Waals surface area contributed by atoms with E-state index in [0.717, 1.165) is 5.82 Å². The summed E-state index contributed by atoms with van der Waals surface area (Å²) in [6.45, 7) is 0. The molecule has 0 aliphatic carbocycles. The van der Waals surface area contributed by atoms with Gasteiger partial charge in [0.15, 0.2) is 18.3 Å². The zero-order chi connectivity index (χ0) is 11.2. The number of nitrogens with one attached hydrogen (secondary N) is 2. The number of aromatic nitrogens is 2. The van der Waals surface area contributed by atoms with Crippen molar-refractivity contribution in [2.75, 3.05) is 5.32 Å². The molecule has 0 aromatic carbocycles. The summed E-state index contributed by atoms with van der Waals surface area (Å²) in [7, 11) is 0. The fourth-order valence-electron chi connectivity index (χ4n) is 1.23. The quantitative estimate of drug-likeness (QED) is 0.607. The van der Waals surface area contributed by atoms with E-state index in [1.165, 1.54) is 11.9 Å². The van der Waals surface area contributed by atoms with E-state index in [0.29, 0.717) is 5.76 Å². The van der Waals surface area contributed by atoms with Crippen LogP contribution in [-0.2, 0) is 0 Å². The molecule has 2 rings (SSSR count). The predicted molar refractivity (Wildman–Crippen MR) is 63.9 cm³/mol. The van der Waals surface area contributed by atoms with Crippen LogP contribution in [0.25, 0.3) is 0 Å². The number of hydrogen-bond acceptors (Lipinski definition) is 5. The van der Waals surface area contributed by atoms with Crippen molar-refractivity contribution in [1.29, 1.82) is 0 Å². The van der Waals surface area contributed by atoms with Gasteiger partial charge in [0.2, 0.25) is 0 Å². The van der Waals surface area contributed by atoms with Crippen LogP contribution in [-0.4, -0.2) is 15.5 Å². The molecule has 16 heavy (non-hydrogen) atoms. The van der Waals surface area contributed by atoms with Gasteiger partial charge in [0, 0.05) is 6.20 Å². The molecular formula is C10H10N4OS. The van der Waals surface area contributed by atoms with Crippen LogP contribution in [0.1, 0.15) is 11.9 Å². The molecular weight excluding hydrogens is 224 g/mol. The van der Waals surface area contributed by atoms with Gasteiger partial charge in [-0.25, -0.2) is 9.97 Å². The number of thiocarbonyl (C=S) groups is 1. The van der Waals surface area contributed by atoms with Gasteiger partial charge in [0.1, 0.15) is 5.82 Å². The topological polar surface area (TPSA) is 63.0 Å². The molecule has 2 N–H and O–H groups in total. The third-order valence-corrected chi connectivity index (χ3v) is 2.06.